The van der Waals surface area contributed by atoms with Gasteiger partial charge in [-0.2, -0.15) is 4.98 Å². The molecule has 2 aromatic heterocycles. The van der Waals surface area contributed by atoms with E-state index in [0.29, 0.717) is 38.8 Å². The van der Waals surface area contributed by atoms with E-state index in [-0.39, 0.29) is 18.3 Å². The molecule has 10 nitrogen and oxygen atoms in total. The number of imidazole rings is 1. The number of carbonyl (C=O) groups is 1. The van der Waals surface area contributed by atoms with E-state index in [1.54, 1.807) is 19.2 Å². The standard InChI is InChI=1S/C27H36N6O4/c1-3-32-20-8-5-4-7-19(20)29-23(32)9-6-10-24(34)31-15-12-27(13-16-31)18-26(2,36)21(17-37-27)33-14-11-22(28)30-25(33)35/h4-5,7-8,11,14,21,36H,3,6,9-10,12-13,15-18H2,1-2H3,(H2,28,30,35)/t21-,26-/m1/s1. The van der Waals surface area contributed by atoms with Crippen molar-refractivity contribution >= 4 is 22.8 Å². The molecule has 3 aromatic rings. The molecule has 2 atom stereocenters. The van der Waals surface area contributed by atoms with E-state index < -0.39 is 22.9 Å². The predicted octanol–water partition coefficient (Wildman–Crippen LogP) is 2.29. The molecule has 0 bridgehead atoms. The lowest BCUT2D eigenvalue weighted by molar-refractivity contribution is -0.198. The number of hydrogen-bond acceptors (Lipinski definition) is 7. The van der Waals surface area contributed by atoms with Gasteiger partial charge in [0.2, 0.25) is 5.91 Å². The molecule has 1 aromatic carbocycles. The molecule has 2 aliphatic rings. The van der Waals surface area contributed by atoms with Gasteiger partial charge < -0.3 is 25.0 Å². The summed E-state index contributed by atoms with van der Waals surface area (Å²) in [6.45, 7) is 6.10. The number of fused-ring (bicyclic) bond motifs is 1. The van der Waals surface area contributed by atoms with Gasteiger partial charge in [0, 0.05) is 45.1 Å². The average molecular weight is 509 g/mol. The third kappa shape index (κ3) is 5.00. The van der Waals surface area contributed by atoms with Crippen LogP contribution in [-0.4, -0.2) is 65.9 Å². The normalized spacial score (nSPS) is 23.5. The van der Waals surface area contributed by atoms with E-state index in [0.717, 1.165) is 36.2 Å². The second kappa shape index (κ2) is 9.90. The summed E-state index contributed by atoms with van der Waals surface area (Å²) in [5.74, 6) is 1.32. The molecular formula is C27H36N6O4. The van der Waals surface area contributed by atoms with E-state index in [1.165, 1.54) is 4.57 Å². The Morgan fingerprint density at radius 1 is 1.22 bits per heavy atom. The van der Waals surface area contributed by atoms with Crippen molar-refractivity contribution in [3.63, 3.8) is 0 Å². The first-order chi connectivity index (χ1) is 17.7. The van der Waals surface area contributed by atoms with Gasteiger partial charge in [-0.25, -0.2) is 9.78 Å². The summed E-state index contributed by atoms with van der Waals surface area (Å²) in [7, 11) is 0. The van der Waals surface area contributed by atoms with Crippen LogP contribution in [0.25, 0.3) is 11.0 Å². The number of ether oxygens (including phenoxy) is 1. The van der Waals surface area contributed by atoms with Crippen LogP contribution in [0.4, 0.5) is 5.82 Å². The minimum absolute atomic E-state index is 0.147. The molecule has 2 saturated heterocycles. The smallest absolute Gasteiger partial charge is 0.349 e. The van der Waals surface area contributed by atoms with Crippen molar-refractivity contribution in [2.45, 2.75) is 76.2 Å². The lowest BCUT2D eigenvalue weighted by Crippen LogP contribution is -2.59. The van der Waals surface area contributed by atoms with Crippen molar-refractivity contribution in [2.24, 2.45) is 0 Å². The summed E-state index contributed by atoms with van der Waals surface area (Å²) in [5, 5.41) is 11.3. The molecule has 2 fully saturated rings. The van der Waals surface area contributed by atoms with Crippen LogP contribution in [0.1, 0.15) is 57.8 Å². The fourth-order valence-corrected chi connectivity index (χ4v) is 6.01. The van der Waals surface area contributed by atoms with E-state index in [2.05, 4.69) is 22.5 Å². The van der Waals surface area contributed by atoms with E-state index in [1.807, 2.05) is 23.1 Å². The molecule has 3 N–H and O–H groups in total. The highest BCUT2D eigenvalue weighted by molar-refractivity contribution is 5.77. The maximum atomic E-state index is 13.0. The summed E-state index contributed by atoms with van der Waals surface area (Å²) >= 11 is 0. The van der Waals surface area contributed by atoms with Crippen LogP contribution in [0.2, 0.25) is 0 Å². The molecule has 2 aliphatic heterocycles. The monoisotopic (exact) mass is 508 g/mol. The van der Waals surface area contributed by atoms with Gasteiger partial charge in [-0.1, -0.05) is 12.1 Å². The molecule has 0 unspecified atom stereocenters. The maximum absolute atomic E-state index is 13.0. The average Bonchev–Trinajstić information content (AvgIpc) is 3.22. The Balaban J connectivity index is 1.15. The number of anilines is 1. The molecular weight excluding hydrogens is 472 g/mol. The van der Waals surface area contributed by atoms with Crippen LogP contribution >= 0.6 is 0 Å². The molecule has 1 spiro atoms. The van der Waals surface area contributed by atoms with Gasteiger partial charge in [-0.05, 0) is 51.3 Å². The van der Waals surface area contributed by atoms with Gasteiger partial charge >= 0.3 is 5.69 Å². The van der Waals surface area contributed by atoms with Crippen LogP contribution in [0.15, 0.2) is 41.3 Å². The number of hydrogen-bond donors (Lipinski definition) is 2. The molecule has 1 amide bonds. The van der Waals surface area contributed by atoms with Crippen LogP contribution < -0.4 is 11.4 Å². The Kier molecular flexibility index (Phi) is 6.80. The first kappa shape index (κ1) is 25.4. The summed E-state index contributed by atoms with van der Waals surface area (Å²) in [6.07, 6.45) is 5.25. The number of amides is 1. The second-order valence-electron chi connectivity index (χ2n) is 10.6. The van der Waals surface area contributed by atoms with Gasteiger partial charge in [0.05, 0.1) is 34.9 Å². The van der Waals surface area contributed by atoms with Crippen molar-refractivity contribution in [3.05, 3.63) is 52.8 Å². The predicted molar refractivity (Wildman–Crippen MR) is 140 cm³/mol. The number of rotatable bonds is 6. The number of likely N-dealkylation sites (tertiary alicyclic amines) is 1. The summed E-state index contributed by atoms with van der Waals surface area (Å²) < 4.78 is 9.91. The minimum Gasteiger partial charge on any atom is -0.388 e. The highest BCUT2D eigenvalue weighted by Crippen LogP contribution is 2.43. The number of nitrogen functional groups attached to an aromatic ring is 1. The van der Waals surface area contributed by atoms with Gasteiger partial charge in [-0.15, -0.1) is 0 Å². The molecule has 0 aliphatic carbocycles. The van der Waals surface area contributed by atoms with E-state index in [9.17, 15) is 14.7 Å². The van der Waals surface area contributed by atoms with Crippen LogP contribution in [0.5, 0.6) is 0 Å². The molecule has 4 heterocycles. The second-order valence-corrected chi connectivity index (χ2v) is 10.6. The number of aliphatic hydroxyl groups is 1. The number of para-hydroxylation sites is 2. The quantitative estimate of drug-likeness (QED) is 0.523. The highest BCUT2D eigenvalue weighted by atomic mass is 16.5. The molecule has 0 radical (unpaired) electrons. The van der Waals surface area contributed by atoms with Crippen LogP contribution in [-0.2, 0) is 22.5 Å². The summed E-state index contributed by atoms with van der Waals surface area (Å²) in [6, 6.07) is 9.13. The Hall–Kier alpha value is -3.24. The van der Waals surface area contributed by atoms with Gasteiger partial charge in [0.25, 0.3) is 0 Å². The lowest BCUT2D eigenvalue weighted by Gasteiger charge is -2.51. The Morgan fingerprint density at radius 3 is 2.68 bits per heavy atom. The van der Waals surface area contributed by atoms with Crippen LogP contribution in [0, 0.1) is 0 Å². The molecule has 198 valence electrons. The van der Waals surface area contributed by atoms with Gasteiger partial charge in [0.15, 0.2) is 0 Å². The van der Waals surface area contributed by atoms with Crippen molar-refractivity contribution in [2.75, 3.05) is 25.4 Å². The zero-order valence-electron chi connectivity index (χ0n) is 21.6. The van der Waals surface area contributed by atoms with Gasteiger partial charge in [-0.3, -0.25) is 9.36 Å². The van der Waals surface area contributed by atoms with Crippen molar-refractivity contribution in [1.82, 2.24) is 24.0 Å². The Labute approximate surface area is 216 Å². The number of aromatic nitrogens is 4. The largest absolute Gasteiger partial charge is 0.388 e. The number of piperidine rings is 1. The van der Waals surface area contributed by atoms with Crippen molar-refractivity contribution < 1.29 is 14.6 Å². The fraction of sp³-hybridized carbons (Fsp3) is 0.556. The van der Waals surface area contributed by atoms with Crippen molar-refractivity contribution in [3.8, 4) is 0 Å². The van der Waals surface area contributed by atoms with Crippen LogP contribution in [0.3, 0.4) is 0 Å². The minimum atomic E-state index is -1.16. The first-order valence-corrected chi connectivity index (χ1v) is 13.1. The number of carbonyl (C=O) groups excluding carboxylic acids is 1. The highest BCUT2D eigenvalue weighted by Gasteiger charge is 2.50. The Bertz CT molecular complexity index is 1340. The lowest BCUT2D eigenvalue weighted by atomic mass is 9.75. The van der Waals surface area contributed by atoms with Crippen molar-refractivity contribution in [1.29, 1.82) is 0 Å². The number of nitrogens with zero attached hydrogens (tertiary/aromatic N) is 5. The number of nitrogens with two attached hydrogens (primary N) is 1. The zero-order valence-corrected chi connectivity index (χ0v) is 21.6. The topological polar surface area (TPSA) is 128 Å². The van der Waals surface area contributed by atoms with E-state index >= 15 is 0 Å². The molecule has 37 heavy (non-hydrogen) atoms. The van der Waals surface area contributed by atoms with Gasteiger partial charge in [0.1, 0.15) is 11.6 Å². The maximum Gasteiger partial charge on any atom is 0.349 e. The van der Waals surface area contributed by atoms with E-state index in [4.69, 9.17) is 15.5 Å². The molecule has 10 heteroatoms. The molecule has 0 saturated carbocycles. The fourth-order valence-electron chi connectivity index (χ4n) is 6.01. The summed E-state index contributed by atoms with van der Waals surface area (Å²) in [4.78, 5) is 35.8. The first-order valence-electron chi connectivity index (χ1n) is 13.1. The molecule has 5 rings (SSSR count). The third-order valence-corrected chi connectivity index (χ3v) is 8.00. The summed E-state index contributed by atoms with van der Waals surface area (Å²) in [5.41, 5.74) is 5.58. The number of benzene rings is 1. The third-order valence-electron chi connectivity index (χ3n) is 8.00. The SMILES string of the molecule is CCn1c(CCCC(=O)N2CCC3(CC2)C[C@@](C)(O)[C@H](n2ccc(N)nc2=O)CO3)nc2ccccc21. The Morgan fingerprint density at radius 2 is 1.97 bits per heavy atom. The zero-order chi connectivity index (χ0) is 26.2. The number of aryl methyl sites for hydroxylation is 2.